The minimum absolute atomic E-state index is 0.0802. The van der Waals surface area contributed by atoms with Crippen LogP contribution in [0.1, 0.15) is 30.1 Å². The molecule has 0 aliphatic carbocycles. The van der Waals surface area contributed by atoms with Crippen molar-refractivity contribution < 1.29 is 27.3 Å². The van der Waals surface area contributed by atoms with E-state index in [1.807, 2.05) is 0 Å². The first-order valence-electron chi connectivity index (χ1n) is 8.70. The molecule has 2 aromatic carbocycles. The van der Waals surface area contributed by atoms with Gasteiger partial charge in [0.05, 0.1) is 27.9 Å². The van der Waals surface area contributed by atoms with Gasteiger partial charge in [-0.2, -0.15) is 0 Å². The Kier molecular flexibility index (Phi) is 7.80. The number of hydrogen-bond donors (Lipinski definition) is 0. The second-order valence-electron chi connectivity index (χ2n) is 5.95. The van der Waals surface area contributed by atoms with Crippen molar-refractivity contribution in [2.45, 2.75) is 24.7 Å². The molecule has 2 rings (SSSR count). The number of esters is 1. The van der Waals surface area contributed by atoms with Crippen molar-refractivity contribution >= 4 is 28.4 Å². The average molecular weight is 409 g/mol. The van der Waals surface area contributed by atoms with Crippen molar-refractivity contribution in [1.29, 1.82) is 0 Å². The zero-order chi connectivity index (χ0) is 20.7. The number of ether oxygens (including phenoxy) is 1. The molecule has 0 fully saturated rings. The summed E-state index contributed by atoms with van der Waals surface area (Å²) < 4.78 is 44.2. The zero-order valence-corrected chi connectivity index (χ0v) is 16.4. The Morgan fingerprint density at radius 2 is 1.82 bits per heavy atom. The highest BCUT2D eigenvalue weighted by molar-refractivity contribution is 7.85. The van der Waals surface area contributed by atoms with Gasteiger partial charge in [-0.3, -0.25) is 9.00 Å². The number of hydrogen-bond acceptors (Lipinski definition) is 4. The Morgan fingerprint density at radius 1 is 1.11 bits per heavy atom. The van der Waals surface area contributed by atoms with Crippen LogP contribution < -0.4 is 4.90 Å². The van der Waals surface area contributed by atoms with Gasteiger partial charge in [-0.1, -0.05) is 6.07 Å². The lowest BCUT2D eigenvalue weighted by Gasteiger charge is -2.17. The van der Waals surface area contributed by atoms with Crippen molar-refractivity contribution in [3.8, 4) is 0 Å². The largest absolute Gasteiger partial charge is 0.462 e. The zero-order valence-electron chi connectivity index (χ0n) is 15.6. The molecule has 2 aromatic rings. The van der Waals surface area contributed by atoms with Gasteiger partial charge in [-0.25, -0.2) is 13.6 Å². The van der Waals surface area contributed by atoms with Crippen LogP contribution in [-0.4, -0.2) is 35.5 Å². The van der Waals surface area contributed by atoms with Crippen molar-refractivity contribution in [2.24, 2.45) is 0 Å². The van der Waals surface area contributed by atoms with Crippen LogP contribution in [0.15, 0.2) is 47.4 Å². The molecule has 0 aromatic heterocycles. The van der Waals surface area contributed by atoms with Gasteiger partial charge in [-0.15, -0.1) is 0 Å². The summed E-state index contributed by atoms with van der Waals surface area (Å²) in [4.78, 5) is 25.7. The quantitative estimate of drug-likeness (QED) is 0.624. The predicted octanol–water partition coefficient (Wildman–Crippen LogP) is 3.69. The fraction of sp³-hybridized carbons (Fsp3) is 0.300. The SMILES string of the molecule is CCOC(=O)c1cc(F)ccc1S(=O)CCCC(=O)N(C)c1cccc(F)c1. The second kappa shape index (κ2) is 10.1. The van der Waals surface area contributed by atoms with Gasteiger partial charge in [0.1, 0.15) is 11.6 Å². The molecule has 1 amide bonds. The monoisotopic (exact) mass is 409 g/mol. The molecule has 0 saturated heterocycles. The Labute approximate surface area is 164 Å². The van der Waals surface area contributed by atoms with Crippen LogP contribution in [0, 0.1) is 11.6 Å². The normalized spacial score (nSPS) is 11.7. The summed E-state index contributed by atoms with van der Waals surface area (Å²) >= 11 is 0. The van der Waals surface area contributed by atoms with E-state index in [1.165, 1.54) is 36.2 Å². The molecular formula is C20H21F2NO4S. The molecule has 0 saturated carbocycles. The summed E-state index contributed by atoms with van der Waals surface area (Å²) in [6.45, 7) is 1.73. The van der Waals surface area contributed by atoms with Crippen LogP contribution in [0.3, 0.4) is 0 Å². The summed E-state index contributed by atoms with van der Waals surface area (Å²) in [6.07, 6.45) is 0.374. The molecule has 150 valence electrons. The highest BCUT2D eigenvalue weighted by Crippen LogP contribution is 2.19. The number of carbonyl (C=O) groups excluding carboxylic acids is 2. The van der Waals surface area contributed by atoms with E-state index in [0.29, 0.717) is 5.69 Å². The minimum atomic E-state index is -1.60. The molecule has 0 N–H and O–H groups in total. The third kappa shape index (κ3) is 5.69. The summed E-state index contributed by atoms with van der Waals surface area (Å²) in [5, 5.41) is 0. The Morgan fingerprint density at radius 3 is 2.50 bits per heavy atom. The van der Waals surface area contributed by atoms with E-state index in [0.717, 1.165) is 12.1 Å². The summed E-state index contributed by atoms with van der Waals surface area (Å²) in [7, 11) is -0.0688. The molecule has 0 spiro atoms. The minimum Gasteiger partial charge on any atom is -0.462 e. The Balaban J connectivity index is 1.99. The molecular weight excluding hydrogens is 388 g/mol. The Bertz CT molecular complexity index is 888. The van der Waals surface area contributed by atoms with Gasteiger partial charge < -0.3 is 9.64 Å². The fourth-order valence-corrected chi connectivity index (χ4v) is 3.76. The first kappa shape index (κ1) is 21.7. The van der Waals surface area contributed by atoms with Crippen LogP contribution in [-0.2, 0) is 20.3 Å². The Hall–Kier alpha value is -2.61. The van der Waals surface area contributed by atoms with Gasteiger partial charge in [0.15, 0.2) is 0 Å². The summed E-state index contributed by atoms with van der Waals surface area (Å²) in [6, 6.07) is 9.07. The maximum atomic E-state index is 13.5. The lowest BCUT2D eigenvalue weighted by Crippen LogP contribution is -2.26. The van der Waals surface area contributed by atoms with Crippen LogP contribution in [0.5, 0.6) is 0 Å². The van der Waals surface area contributed by atoms with Gasteiger partial charge in [0.2, 0.25) is 5.91 Å². The van der Waals surface area contributed by atoms with E-state index in [9.17, 15) is 22.6 Å². The van der Waals surface area contributed by atoms with E-state index >= 15 is 0 Å². The number of halogens is 2. The predicted molar refractivity (Wildman–Crippen MR) is 103 cm³/mol. The van der Waals surface area contributed by atoms with Gasteiger partial charge >= 0.3 is 5.97 Å². The molecule has 8 heteroatoms. The van der Waals surface area contributed by atoms with Crippen molar-refractivity contribution in [3.63, 3.8) is 0 Å². The van der Waals surface area contributed by atoms with E-state index in [-0.39, 0.29) is 41.6 Å². The van der Waals surface area contributed by atoms with E-state index < -0.39 is 28.4 Å². The molecule has 1 unspecified atom stereocenters. The maximum absolute atomic E-state index is 13.5. The average Bonchev–Trinajstić information content (AvgIpc) is 2.67. The lowest BCUT2D eigenvalue weighted by atomic mass is 10.2. The maximum Gasteiger partial charge on any atom is 0.339 e. The standard InChI is InChI=1S/C20H21F2NO4S/c1-3-27-20(25)17-13-15(22)9-10-18(17)28(26)11-5-8-19(24)23(2)16-7-4-6-14(21)12-16/h4,6-7,9-10,12-13H,3,5,8,11H2,1-2H3. The molecule has 0 aliphatic rings. The smallest absolute Gasteiger partial charge is 0.339 e. The molecule has 0 heterocycles. The topological polar surface area (TPSA) is 63.7 Å². The first-order chi connectivity index (χ1) is 13.3. The van der Waals surface area contributed by atoms with Crippen LogP contribution in [0.25, 0.3) is 0 Å². The van der Waals surface area contributed by atoms with Crippen LogP contribution in [0.4, 0.5) is 14.5 Å². The number of anilines is 1. The molecule has 1 atom stereocenters. The van der Waals surface area contributed by atoms with Gasteiger partial charge in [-0.05, 0) is 49.7 Å². The lowest BCUT2D eigenvalue weighted by molar-refractivity contribution is -0.118. The van der Waals surface area contributed by atoms with Gasteiger partial charge in [0, 0.05) is 24.9 Å². The highest BCUT2D eigenvalue weighted by atomic mass is 32.2. The fourth-order valence-electron chi connectivity index (χ4n) is 2.53. The van der Waals surface area contributed by atoms with Crippen molar-refractivity contribution in [2.75, 3.05) is 24.3 Å². The van der Waals surface area contributed by atoms with Crippen LogP contribution in [0.2, 0.25) is 0 Å². The number of carbonyl (C=O) groups is 2. The highest BCUT2D eigenvalue weighted by Gasteiger charge is 2.19. The number of amides is 1. The van der Waals surface area contributed by atoms with Crippen LogP contribution >= 0.6 is 0 Å². The summed E-state index contributed by atoms with van der Waals surface area (Å²) in [5.41, 5.74) is 0.345. The third-order valence-electron chi connectivity index (χ3n) is 3.97. The van der Waals surface area contributed by atoms with E-state index in [1.54, 1.807) is 13.0 Å². The molecule has 0 radical (unpaired) electrons. The molecule has 28 heavy (non-hydrogen) atoms. The van der Waals surface area contributed by atoms with E-state index in [4.69, 9.17) is 4.74 Å². The summed E-state index contributed by atoms with van der Waals surface area (Å²) in [5.74, 6) is -1.96. The van der Waals surface area contributed by atoms with Gasteiger partial charge in [0.25, 0.3) is 0 Å². The number of nitrogens with zero attached hydrogens (tertiary/aromatic N) is 1. The first-order valence-corrected chi connectivity index (χ1v) is 10.0. The van der Waals surface area contributed by atoms with Crippen molar-refractivity contribution in [3.05, 3.63) is 59.7 Å². The number of rotatable bonds is 8. The second-order valence-corrected chi connectivity index (χ2v) is 7.49. The molecule has 0 bridgehead atoms. The van der Waals surface area contributed by atoms with E-state index in [2.05, 4.69) is 0 Å². The number of benzene rings is 2. The molecule has 5 nitrogen and oxygen atoms in total. The van der Waals surface area contributed by atoms with Crippen molar-refractivity contribution in [1.82, 2.24) is 0 Å². The third-order valence-corrected chi connectivity index (χ3v) is 5.48. The molecule has 0 aliphatic heterocycles.